The lowest BCUT2D eigenvalue weighted by Crippen LogP contribution is -2.39. The number of nitrogens with zero attached hydrogens (tertiary/aromatic N) is 1. The highest BCUT2D eigenvalue weighted by Crippen LogP contribution is 2.34. The number of rotatable bonds is 4. The van der Waals surface area contributed by atoms with Crippen LogP contribution >= 0.6 is 0 Å². The number of ether oxygens (including phenoxy) is 1. The molecular weight excluding hydrogens is 248 g/mol. The van der Waals surface area contributed by atoms with Crippen LogP contribution in [-0.2, 0) is 4.74 Å². The van der Waals surface area contributed by atoms with E-state index in [1.54, 1.807) is 6.20 Å². The van der Waals surface area contributed by atoms with Crippen LogP contribution in [0.1, 0.15) is 39.3 Å². The first-order valence-corrected chi connectivity index (χ1v) is 7.15. The van der Waals surface area contributed by atoms with Crippen molar-refractivity contribution in [1.82, 2.24) is 4.98 Å². The minimum Gasteiger partial charge on any atom is -0.376 e. The third kappa shape index (κ3) is 3.00. The van der Waals surface area contributed by atoms with Gasteiger partial charge in [0.2, 0.25) is 0 Å². The van der Waals surface area contributed by atoms with E-state index in [0.717, 1.165) is 16.3 Å². The summed E-state index contributed by atoms with van der Waals surface area (Å²) >= 11 is 0. The molecule has 2 aromatic rings. The summed E-state index contributed by atoms with van der Waals surface area (Å²) < 4.78 is 5.93. The summed E-state index contributed by atoms with van der Waals surface area (Å²) in [5.41, 5.74) is 7.61. The first-order chi connectivity index (χ1) is 9.45. The number of fused-ring (bicyclic) bond motifs is 1. The zero-order valence-corrected chi connectivity index (χ0v) is 12.8. The molecule has 2 atom stereocenters. The van der Waals surface area contributed by atoms with Gasteiger partial charge in [-0.3, -0.25) is 4.98 Å². The Labute approximate surface area is 121 Å². The van der Waals surface area contributed by atoms with Gasteiger partial charge in [0, 0.05) is 24.4 Å². The van der Waals surface area contributed by atoms with Crippen molar-refractivity contribution in [2.75, 3.05) is 6.61 Å². The number of hydrogen-bond donors (Lipinski definition) is 1. The van der Waals surface area contributed by atoms with Crippen molar-refractivity contribution in [3.05, 3.63) is 42.2 Å². The van der Waals surface area contributed by atoms with Crippen molar-refractivity contribution in [3.63, 3.8) is 0 Å². The Kier molecular flexibility index (Phi) is 4.41. The van der Waals surface area contributed by atoms with Crippen LogP contribution in [0.2, 0.25) is 0 Å². The van der Waals surface area contributed by atoms with Gasteiger partial charge in [-0.15, -0.1) is 0 Å². The third-order valence-corrected chi connectivity index (χ3v) is 3.60. The minimum absolute atomic E-state index is 0.0141. The van der Waals surface area contributed by atoms with Crippen LogP contribution in [0, 0.1) is 5.41 Å². The van der Waals surface area contributed by atoms with Gasteiger partial charge in [-0.25, -0.2) is 0 Å². The molecule has 2 rings (SSSR count). The Hall–Kier alpha value is -1.45. The SMILES string of the molecule is CCOC(C(N)c1cccc2ccncc12)C(C)(C)C. The molecule has 0 saturated carbocycles. The average molecular weight is 272 g/mol. The summed E-state index contributed by atoms with van der Waals surface area (Å²) in [5, 5.41) is 2.27. The summed E-state index contributed by atoms with van der Waals surface area (Å²) in [6.45, 7) is 9.17. The number of aromatic nitrogens is 1. The van der Waals surface area contributed by atoms with E-state index >= 15 is 0 Å². The molecule has 0 spiro atoms. The van der Waals surface area contributed by atoms with Gasteiger partial charge in [-0.1, -0.05) is 39.0 Å². The summed E-state index contributed by atoms with van der Waals surface area (Å²) in [4.78, 5) is 4.23. The zero-order chi connectivity index (χ0) is 14.8. The molecule has 0 aliphatic rings. The molecule has 0 amide bonds. The maximum Gasteiger partial charge on any atom is 0.0815 e. The highest BCUT2D eigenvalue weighted by atomic mass is 16.5. The fraction of sp³-hybridized carbons (Fsp3) is 0.471. The van der Waals surface area contributed by atoms with E-state index in [0.29, 0.717) is 6.61 Å². The highest BCUT2D eigenvalue weighted by Gasteiger charge is 2.32. The normalized spacial score (nSPS) is 15.2. The Morgan fingerprint density at radius 1 is 1.25 bits per heavy atom. The largest absolute Gasteiger partial charge is 0.376 e. The van der Waals surface area contributed by atoms with E-state index in [-0.39, 0.29) is 17.6 Å². The topological polar surface area (TPSA) is 48.1 Å². The lowest BCUT2D eigenvalue weighted by Gasteiger charge is -2.35. The van der Waals surface area contributed by atoms with Crippen molar-refractivity contribution in [3.8, 4) is 0 Å². The van der Waals surface area contributed by atoms with Gasteiger partial charge in [0.05, 0.1) is 12.1 Å². The van der Waals surface area contributed by atoms with Crippen LogP contribution in [0.25, 0.3) is 10.8 Å². The van der Waals surface area contributed by atoms with Crippen LogP contribution < -0.4 is 5.73 Å². The molecule has 3 nitrogen and oxygen atoms in total. The van der Waals surface area contributed by atoms with Gasteiger partial charge in [-0.05, 0) is 29.4 Å². The Bertz CT molecular complexity index is 569. The fourth-order valence-electron chi connectivity index (χ4n) is 2.66. The molecule has 0 saturated heterocycles. The van der Waals surface area contributed by atoms with E-state index in [4.69, 9.17) is 10.5 Å². The lowest BCUT2D eigenvalue weighted by molar-refractivity contribution is -0.0280. The summed E-state index contributed by atoms with van der Waals surface area (Å²) in [6, 6.07) is 8.05. The van der Waals surface area contributed by atoms with Gasteiger partial charge in [0.25, 0.3) is 0 Å². The summed E-state index contributed by atoms with van der Waals surface area (Å²) in [6.07, 6.45) is 3.66. The fourth-order valence-corrected chi connectivity index (χ4v) is 2.66. The monoisotopic (exact) mass is 272 g/mol. The van der Waals surface area contributed by atoms with Crippen molar-refractivity contribution >= 4 is 10.8 Å². The van der Waals surface area contributed by atoms with E-state index in [2.05, 4.69) is 37.9 Å². The Morgan fingerprint density at radius 3 is 2.65 bits per heavy atom. The molecule has 0 aliphatic carbocycles. The Morgan fingerprint density at radius 2 is 2.00 bits per heavy atom. The first kappa shape index (κ1) is 14.9. The van der Waals surface area contributed by atoms with Gasteiger partial charge < -0.3 is 10.5 Å². The standard InChI is InChI=1S/C17H24N2O/c1-5-20-16(17(2,3)4)15(18)13-8-6-7-12-9-10-19-11-14(12)13/h6-11,15-16H,5,18H2,1-4H3. The number of nitrogens with two attached hydrogens (primary N) is 1. The van der Waals surface area contributed by atoms with Crippen molar-refractivity contribution in [2.24, 2.45) is 11.1 Å². The van der Waals surface area contributed by atoms with Crippen LogP contribution in [-0.4, -0.2) is 17.7 Å². The smallest absolute Gasteiger partial charge is 0.0815 e. The van der Waals surface area contributed by atoms with Crippen molar-refractivity contribution in [1.29, 1.82) is 0 Å². The van der Waals surface area contributed by atoms with Crippen LogP contribution in [0.5, 0.6) is 0 Å². The van der Waals surface area contributed by atoms with Gasteiger partial charge in [-0.2, -0.15) is 0 Å². The number of pyridine rings is 1. The van der Waals surface area contributed by atoms with Gasteiger partial charge >= 0.3 is 0 Å². The predicted molar refractivity (Wildman–Crippen MR) is 83.5 cm³/mol. The number of hydrogen-bond acceptors (Lipinski definition) is 3. The molecular formula is C17H24N2O. The van der Waals surface area contributed by atoms with E-state index in [1.807, 2.05) is 25.3 Å². The maximum atomic E-state index is 6.52. The zero-order valence-electron chi connectivity index (χ0n) is 12.8. The molecule has 2 N–H and O–H groups in total. The maximum absolute atomic E-state index is 6.52. The highest BCUT2D eigenvalue weighted by molar-refractivity contribution is 5.85. The van der Waals surface area contributed by atoms with Crippen LogP contribution in [0.15, 0.2) is 36.7 Å². The lowest BCUT2D eigenvalue weighted by atomic mass is 9.81. The molecule has 0 bridgehead atoms. The second kappa shape index (κ2) is 5.90. The molecule has 2 unspecified atom stereocenters. The second-order valence-corrected chi connectivity index (χ2v) is 6.21. The van der Waals surface area contributed by atoms with Crippen LogP contribution in [0.3, 0.4) is 0 Å². The van der Waals surface area contributed by atoms with Gasteiger partial charge in [0.15, 0.2) is 0 Å². The number of benzene rings is 1. The molecule has 1 aromatic carbocycles. The van der Waals surface area contributed by atoms with Gasteiger partial charge in [0.1, 0.15) is 0 Å². The molecule has 0 fully saturated rings. The average Bonchev–Trinajstić information content (AvgIpc) is 2.42. The molecule has 3 heteroatoms. The van der Waals surface area contributed by atoms with Crippen LogP contribution in [0.4, 0.5) is 0 Å². The molecule has 1 aromatic heterocycles. The minimum atomic E-state index is -0.164. The molecule has 1 heterocycles. The third-order valence-electron chi connectivity index (χ3n) is 3.60. The Balaban J connectivity index is 2.46. The van der Waals surface area contributed by atoms with E-state index in [1.165, 1.54) is 0 Å². The summed E-state index contributed by atoms with van der Waals surface area (Å²) in [5.74, 6) is 0. The quantitative estimate of drug-likeness (QED) is 0.923. The predicted octanol–water partition coefficient (Wildman–Crippen LogP) is 3.69. The van der Waals surface area contributed by atoms with E-state index in [9.17, 15) is 0 Å². The van der Waals surface area contributed by atoms with E-state index < -0.39 is 0 Å². The van der Waals surface area contributed by atoms with Crippen molar-refractivity contribution in [2.45, 2.75) is 39.8 Å². The molecule has 0 radical (unpaired) electrons. The first-order valence-electron chi connectivity index (χ1n) is 7.15. The molecule has 108 valence electrons. The molecule has 0 aliphatic heterocycles. The molecule has 20 heavy (non-hydrogen) atoms. The second-order valence-electron chi connectivity index (χ2n) is 6.21. The van der Waals surface area contributed by atoms with Crippen molar-refractivity contribution < 1.29 is 4.74 Å². The summed E-state index contributed by atoms with van der Waals surface area (Å²) in [7, 11) is 0.